The molecule has 0 aromatic heterocycles. The summed E-state index contributed by atoms with van der Waals surface area (Å²) in [6.45, 7) is 14.3. The van der Waals surface area contributed by atoms with E-state index in [4.69, 9.17) is 19.7 Å². The molecule has 0 aliphatic carbocycles. The molecule has 2 aliphatic rings. The fourth-order valence-electron chi connectivity index (χ4n) is 3.70. The van der Waals surface area contributed by atoms with E-state index in [2.05, 4.69) is 0 Å². The Kier molecular flexibility index (Phi) is 8.94. The predicted molar refractivity (Wildman–Crippen MR) is 116 cm³/mol. The van der Waals surface area contributed by atoms with E-state index in [1.807, 2.05) is 13.8 Å². The van der Waals surface area contributed by atoms with Gasteiger partial charge in [0.25, 0.3) is 0 Å². The molecule has 0 bridgehead atoms. The summed E-state index contributed by atoms with van der Waals surface area (Å²) < 4.78 is 10.4. The lowest BCUT2D eigenvalue weighted by atomic mass is 10.2. The van der Waals surface area contributed by atoms with Crippen molar-refractivity contribution in [3.05, 3.63) is 0 Å². The number of hydrogen-bond acceptors (Lipinski definition) is 6. The molecule has 2 rings (SSSR count). The Morgan fingerprint density at radius 1 is 0.656 bits per heavy atom. The maximum atomic E-state index is 11.8. The quantitative estimate of drug-likeness (QED) is 0.639. The van der Waals surface area contributed by atoms with Gasteiger partial charge in [-0.2, -0.15) is 0 Å². The largest absolute Gasteiger partial charge is 0.480 e. The van der Waals surface area contributed by atoms with E-state index >= 15 is 0 Å². The first-order chi connectivity index (χ1) is 14.4. The first-order valence-electron chi connectivity index (χ1n) is 10.9. The Morgan fingerprint density at radius 2 is 0.938 bits per heavy atom. The number of nitrogens with zero attached hydrogens (tertiary/aromatic N) is 2. The molecule has 0 aromatic carbocycles. The molecule has 2 fully saturated rings. The second-order valence-electron chi connectivity index (χ2n) is 10.3. The number of carbonyl (C=O) groups is 4. The smallest absolute Gasteiger partial charge is 0.411 e. The van der Waals surface area contributed by atoms with Gasteiger partial charge in [-0.3, -0.25) is 9.80 Å². The lowest BCUT2D eigenvalue weighted by Crippen LogP contribution is -2.46. The van der Waals surface area contributed by atoms with E-state index in [-0.39, 0.29) is 12.1 Å². The number of rotatable bonds is 2. The highest BCUT2D eigenvalue weighted by molar-refractivity contribution is 5.81. The molecule has 32 heavy (non-hydrogen) atoms. The highest BCUT2D eigenvalue weighted by atomic mass is 16.6. The Labute approximate surface area is 189 Å². The van der Waals surface area contributed by atoms with Gasteiger partial charge < -0.3 is 19.7 Å². The molecule has 10 nitrogen and oxygen atoms in total. The van der Waals surface area contributed by atoms with Crippen LogP contribution in [0.5, 0.6) is 0 Å². The highest BCUT2D eigenvalue weighted by Gasteiger charge is 2.41. The SMILES string of the molecule is C[C@@H]1CC[C@H](C(=O)O)N1C(=O)OC(C)(C)C.C[C@H]1CC[C@@H](C(=O)O)N1C(=O)OC(C)(C)C. The Morgan fingerprint density at radius 3 is 1.16 bits per heavy atom. The maximum absolute atomic E-state index is 11.8. The second kappa shape index (κ2) is 10.4. The van der Waals surface area contributed by atoms with Gasteiger partial charge >= 0.3 is 24.1 Å². The molecule has 0 aromatic rings. The molecule has 10 heteroatoms. The summed E-state index contributed by atoms with van der Waals surface area (Å²) in [5, 5.41) is 18.0. The van der Waals surface area contributed by atoms with Crippen molar-refractivity contribution >= 4 is 24.1 Å². The van der Waals surface area contributed by atoms with Crippen molar-refractivity contribution in [2.24, 2.45) is 0 Å². The van der Waals surface area contributed by atoms with Crippen molar-refractivity contribution in [2.45, 2.75) is 116 Å². The minimum atomic E-state index is -0.963. The topological polar surface area (TPSA) is 134 Å². The van der Waals surface area contributed by atoms with Crippen LogP contribution in [-0.4, -0.2) is 79.5 Å². The number of likely N-dealkylation sites (tertiary alicyclic amines) is 2. The van der Waals surface area contributed by atoms with Crippen LogP contribution < -0.4 is 0 Å². The average molecular weight is 459 g/mol. The lowest BCUT2D eigenvalue weighted by molar-refractivity contribution is -0.143. The molecule has 2 N–H and O–H groups in total. The fourth-order valence-corrected chi connectivity index (χ4v) is 3.70. The molecular weight excluding hydrogens is 420 g/mol. The first kappa shape index (κ1) is 27.5. The zero-order valence-electron chi connectivity index (χ0n) is 20.4. The van der Waals surface area contributed by atoms with Crippen LogP contribution in [0, 0.1) is 0 Å². The molecule has 2 aliphatic heterocycles. The molecule has 0 spiro atoms. The molecule has 2 heterocycles. The van der Waals surface area contributed by atoms with Crippen molar-refractivity contribution in [3.8, 4) is 0 Å². The van der Waals surface area contributed by atoms with Crippen molar-refractivity contribution < 1.29 is 38.9 Å². The Balaban J connectivity index is 0.000000320. The van der Waals surface area contributed by atoms with Gasteiger partial charge in [-0.25, -0.2) is 19.2 Å². The van der Waals surface area contributed by atoms with Crippen LogP contribution in [0.2, 0.25) is 0 Å². The van der Waals surface area contributed by atoms with Crippen molar-refractivity contribution in [3.63, 3.8) is 0 Å². The third-order valence-corrected chi connectivity index (χ3v) is 5.12. The van der Waals surface area contributed by atoms with Crippen LogP contribution in [0.15, 0.2) is 0 Å². The first-order valence-corrected chi connectivity index (χ1v) is 10.9. The molecule has 0 unspecified atom stereocenters. The van der Waals surface area contributed by atoms with E-state index in [1.165, 1.54) is 9.80 Å². The molecule has 0 saturated carbocycles. The molecule has 4 atom stereocenters. The third-order valence-electron chi connectivity index (χ3n) is 5.12. The third kappa shape index (κ3) is 7.87. The maximum Gasteiger partial charge on any atom is 0.411 e. The summed E-state index contributed by atoms with van der Waals surface area (Å²) in [5.74, 6) is -1.93. The Hall–Kier alpha value is -2.52. The van der Waals surface area contributed by atoms with Crippen LogP contribution in [-0.2, 0) is 19.1 Å². The zero-order chi connectivity index (χ0) is 25.0. The minimum Gasteiger partial charge on any atom is -0.480 e. The van der Waals surface area contributed by atoms with Crippen LogP contribution >= 0.6 is 0 Å². The van der Waals surface area contributed by atoms with Crippen molar-refractivity contribution in [1.29, 1.82) is 0 Å². The van der Waals surface area contributed by atoms with Gasteiger partial charge in [0.1, 0.15) is 23.3 Å². The molecule has 0 radical (unpaired) electrons. The van der Waals surface area contributed by atoms with Crippen molar-refractivity contribution in [1.82, 2.24) is 9.80 Å². The summed E-state index contributed by atoms with van der Waals surface area (Å²) >= 11 is 0. The summed E-state index contributed by atoms with van der Waals surface area (Å²) in [4.78, 5) is 48.3. The normalized spacial score (nSPS) is 25.6. The molecular formula is C22H38N2O8. The minimum absolute atomic E-state index is 0.0732. The van der Waals surface area contributed by atoms with E-state index in [0.717, 1.165) is 0 Å². The van der Waals surface area contributed by atoms with E-state index < -0.39 is 47.4 Å². The van der Waals surface area contributed by atoms with Gasteiger partial charge in [-0.1, -0.05) is 0 Å². The lowest BCUT2D eigenvalue weighted by Gasteiger charge is -2.29. The van der Waals surface area contributed by atoms with Gasteiger partial charge in [0.15, 0.2) is 0 Å². The Bertz CT molecular complexity index is 650. The van der Waals surface area contributed by atoms with Gasteiger partial charge in [0, 0.05) is 12.1 Å². The number of carbonyl (C=O) groups excluding carboxylic acids is 2. The number of carboxylic acids is 2. The summed E-state index contributed by atoms with van der Waals surface area (Å²) in [5.41, 5.74) is -1.19. The number of hydrogen-bond donors (Lipinski definition) is 2. The second-order valence-corrected chi connectivity index (χ2v) is 10.3. The van der Waals surface area contributed by atoms with Crippen LogP contribution in [0.4, 0.5) is 9.59 Å². The van der Waals surface area contributed by atoms with Gasteiger partial charge in [0.2, 0.25) is 0 Å². The molecule has 2 saturated heterocycles. The highest BCUT2D eigenvalue weighted by Crippen LogP contribution is 2.27. The summed E-state index contributed by atoms with van der Waals surface area (Å²) in [6, 6.07) is -1.64. The van der Waals surface area contributed by atoms with Crippen LogP contribution in [0.1, 0.15) is 81.1 Å². The fraction of sp³-hybridized carbons (Fsp3) is 0.818. The van der Waals surface area contributed by atoms with E-state index in [1.54, 1.807) is 41.5 Å². The molecule has 2 amide bonds. The predicted octanol–water partition coefficient (Wildman–Crippen LogP) is 3.72. The molecule has 184 valence electrons. The van der Waals surface area contributed by atoms with E-state index in [0.29, 0.717) is 25.7 Å². The summed E-state index contributed by atoms with van der Waals surface area (Å²) in [7, 11) is 0. The number of aliphatic carboxylic acids is 2. The monoisotopic (exact) mass is 458 g/mol. The van der Waals surface area contributed by atoms with Crippen molar-refractivity contribution in [2.75, 3.05) is 0 Å². The number of amides is 2. The van der Waals surface area contributed by atoms with Gasteiger partial charge in [-0.05, 0) is 81.1 Å². The van der Waals surface area contributed by atoms with Gasteiger partial charge in [0.05, 0.1) is 0 Å². The zero-order valence-corrected chi connectivity index (χ0v) is 20.4. The number of carboxylic acid groups (broad SMARTS) is 2. The summed E-state index contributed by atoms with van der Waals surface area (Å²) in [6.07, 6.45) is 1.33. The van der Waals surface area contributed by atoms with Gasteiger partial charge in [-0.15, -0.1) is 0 Å². The van der Waals surface area contributed by atoms with E-state index in [9.17, 15) is 19.2 Å². The number of ether oxygens (including phenoxy) is 2. The average Bonchev–Trinajstić information content (AvgIpc) is 3.15. The van der Waals surface area contributed by atoms with Crippen LogP contribution in [0.3, 0.4) is 0 Å². The standard InChI is InChI=1S/2C11H19NO4/c2*1-7-5-6-8(9(13)14)12(7)10(15)16-11(2,3)4/h2*7-8H,5-6H2,1-4H3,(H,13,14)/t2*7-,8-/m10/s1. The van der Waals surface area contributed by atoms with Crippen LogP contribution in [0.25, 0.3) is 0 Å².